The number of nitrogens with one attached hydrogen (secondary N) is 1. The van der Waals surface area contributed by atoms with E-state index in [-0.39, 0.29) is 23.9 Å². The summed E-state index contributed by atoms with van der Waals surface area (Å²) in [6.07, 6.45) is 2.97. The van der Waals surface area contributed by atoms with Crippen LogP contribution in [0.2, 0.25) is 0 Å². The predicted octanol–water partition coefficient (Wildman–Crippen LogP) is 5.59. The quantitative estimate of drug-likeness (QED) is 0.499. The minimum Gasteiger partial charge on any atom is -0.489 e. The fourth-order valence-electron chi connectivity index (χ4n) is 5.59. The van der Waals surface area contributed by atoms with E-state index >= 15 is 0 Å². The maximum absolute atomic E-state index is 13.5. The number of ether oxygens (including phenoxy) is 3. The zero-order valence-corrected chi connectivity index (χ0v) is 21.8. The molecule has 2 aliphatic heterocycles. The summed E-state index contributed by atoms with van der Waals surface area (Å²) in [6.45, 7) is 7.45. The number of hydrogen-bond acceptors (Lipinski definition) is 6. The summed E-state index contributed by atoms with van der Waals surface area (Å²) in [7, 11) is 0. The van der Waals surface area contributed by atoms with Crippen molar-refractivity contribution in [3.05, 3.63) is 88.3 Å². The van der Waals surface area contributed by atoms with Crippen molar-refractivity contribution in [3.63, 3.8) is 0 Å². The first-order chi connectivity index (χ1) is 17.8. The second-order valence-corrected chi connectivity index (χ2v) is 11.0. The highest BCUT2D eigenvalue weighted by molar-refractivity contribution is 6.04. The molecule has 37 heavy (non-hydrogen) atoms. The van der Waals surface area contributed by atoms with E-state index in [1.807, 2.05) is 61.5 Å². The highest BCUT2D eigenvalue weighted by atomic mass is 16.6. The van der Waals surface area contributed by atoms with Crippen LogP contribution >= 0.6 is 0 Å². The molecule has 6 heteroatoms. The summed E-state index contributed by atoms with van der Waals surface area (Å²) < 4.78 is 17.5. The molecule has 2 aromatic rings. The van der Waals surface area contributed by atoms with Crippen LogP contribution in [0.4, 0.5) is 0 Å². The van der Waals surface area contributed by atoms with Gasteiger partial charge in [0.05, 0.1) is 11.7 Å². The zero-order valence-electron chi connectivity index (χ0n) is 21.8. The van der Waals surface area contributed by atoms with Crippen LogP contribution in [0.1, 0.15) is 63.5 Å². The maximum Gasteiger partial charge on any atom is 0.336 e. The van der Waals surface area contributed by atoms with Gasteiger partial charge in [0.1, 0.15) is 19.0 Å². The average Bonchev–Trinajstić information content (AvgIpc) is 3.39. The van der Waals surface area contributed by atoms with Gasteiger partial charge in [0.25, 0.3) is 0 Å². The minimum absolute atomic E-state index is 0.0660. The highest BCUT2D eigenvalue weighted by Gasteiger charge is 2.43. The molecule has 0 radical (unpaired) electrons. The van der Waals surface area contributed by atoms with E-state index in [1.54, 1.807) is 0 Å². The number of ketones is 1. The lowest BCUT2D eigenvalue weighted by Gasteiger charge is -2.39. The van der Waals surface area contributed by atoms with Gasteiger partial charge in [-0.05, 0) is 54.9 Å². The van der Waals surface area contributed by atoms with Crippen LogP contribution < -0.4 is 10.1 Å². The SMILES string of the molecule is CC1=C(C(=O)OC[C@@H]2CCCO2)[C@H](c2cccc(OCc3ccccc3)c2)C2=C(CC(C)(C)CC2=O)N1. The lowest BCUT2D eigenvalue weighted by molar-refractivity contribution is -0.142. The van der Waals surface area contributed by atoms with Crippen LogP contribution in [0.3, 0.4) is 0 Å². The molecule has 1 N–H and O–H groups in total. The number of dihydropyridines is 1. The second-order valence-electron chi connectivity index (χ2n) is 11.0. The Kier molecular flexibility index (Phi) is 7.20. The Hall–Kier alpha value is -3.38. The number of hydrogen-bond donors (Lipinski definition) is 1. The van der Waals surface area contributed by atoms with Crippen LogP contribution in [0.15, 0.2) is 77.1 Å². The number of carbonyl (C=O) groups excluding carboxylic acids is 2. The van der Waals surface area contributed by atoms with Gasteiger partial charge in [-0.15, -0.1) is 0 Å². The Morgan fingerprint density at radius 1 is 1.11 bits per heavy atom. The van der Waals surface area contributed by atoms with E-state index < -0.39 is 11.9 Å². The van der Waals surface area contributed by atoms with Gasteiger partial charge < -0.3 is 19.5 Å². The van der Waals surface area contributed by atoms with E-state index in [0.29, 0.717) is 36.5 Å². The van der Waals surface area contributed by atoms with Crippen LogP contribution in [0.25, 0.3) is 0 Å². The number of Topliss-reactive ketones (excluding diaryl/α,β-unsaturated/α-hetero) is 1. The number of esters is 1. The third-order valence-electron chi connectivity index (χ3n) is 7.32. The van der Waals surface area contributed by atoms with Crippen molar-refractivity contribution in [1.82, 2.24) is 5.32 Å². The molecule has 0 unspecified atom stereocenters. The normalized spacial score (nSPS) is 22.9. The van der Waals surface area contributed by atoms with E-state index in [0.717, 1.165) is 41.8 Å². The van der Waals surface area contributed by atoms with Crippen LogP contribution in [-0.4, -0.2) is 31.1 Å². The van der Waals surface area contributed by atoms with Crippen molar-refractivity contribution >= 4 is 11.8 Å². The number of carbonyl (C=O) groups is 2. The topological polar surface area (TPSA) is 73.9 Å². The maximum atomic E-state index is 13.5. The summed E-state index contributed by atoms with van der Waals surface area (Å²) in [6, 6.07) is 17.7. The molecule has 2 atom stereocenters. The second kappa shape index (κ2) is 10.5. The molecular formula is C31H35NO5. The molecule has 1 fully saturated rings. The molecule has 0 spiro atoms. The van der Waals surface area contributed by atoms with E-state index in [2.05, 4.69) is 19.2 Å². The molecule has 0 saturated carbocycles. The van der Waals surface area contributed by atoms with Crippen molar-refractivity contribution in [2.24, 2.45) is 5.41 Å². The highest BCUT2D eigenvalue weighted by Crippen LogP contribution is 2.47. The molecule has 2 heterocycles. The van der Waals surface area contributed by atoms with Gasteiger partial charge in [-0.1, -0.05) is 56.3 Å². The summed E-state index contributed by atoms with van der Waals surface area (Å²) in [5.74, 6) is -0.172. The molecule has 0 bridgehead atoms. The van der Waals surface area contributed by atoms with Crippen molar-refractivity contribution in [2.75, 3.05) is 13.2 Å². The molecule has 3 aliphatic rings. The molecule has 0 amide bonds. The standard InChI is InChI=1S/C31H35NO5/c1-20-27(30(34)37-19-24-13-8-14-35-24)28(29-25(32-20)16-31(2,3)17-26(29)33)22-11-7-12-23(15-22)36-18-21-9-5-4-6-10-21/h4-7,9-12,15,24,28,32H,8,13-14,16-19H2,1-3H3/t24-,28-/m0/s1. The lowest BCUT2D eigenvalue weighted by atomic mass is 9.68. The Bertz CT molecular complexity index is 1240. The first-order valence-electron chi connectivity index (χ1n) is 13.1. The molecule has 1 aliphatic carbocycles. The van der Waals surface area contributed by atoms with Crippen molar-refractivity contribution in [2.45, 2.75) is 65.1 Å². The molecular weight excluding hydrogens is 466 g/mol. The number of allylic oxidation sites excluding steroid dienone is 3. The van der Waals surface area contributed by atoms with E-state index in [1.165, 1.54) is 0 Å². The van der Waals surface area contributed by atoms with Crippen molar-refractivity contribution in [1.29, 1.82) is 0 Å². The lowest BCUT2D eigenvalue weighted by Crippen LogP contribution is -2.39. The van der Waals surface area contributed by atoms with Gasteiger partial charge in [-0.2, -0.15) is 0 Å². The summed E-state index contributed by atoms with van der Waals surface area (Å²) >= 11 is 0. The number of benzene rings is 2. The van der Waals surface area contributed by atoms with Crippen LogP contribution in [0, 0.1) is 5.41 Å². The summed E-state index contributed by atoms with van der Waals surface area (Å²) in [5, 5.41) is 3.40. The van der Waals surface area contributed by atoms with Gasteiger partial charge in [0.15, 0.2) is 5.78 Å². The van der Waals surface area contributed by atoms with Crippen LogP contribution in [0.5, 0.6) is 5.75 Å². The Labute approximate surface area is 218 Å². The first kappa shape index (κ1) is 25.3. The smallest absolute Gasteiger partial charge is 0.336 e. The zero-order chi connectivity index (χ0) is 26.0. The third kappa shape index (κ3) is 5.64. The third-order valence-corrected chi connectivity index (χ3v) is 7.32. The van der Waals surface area contributed by atoms with Gasteiger partial charge in [-0.3, -0.25) is 4.79 Å². The van der Waals surface area contributed by atoms with Gasteiger partial charge in [0.2, 0.25) is 0 Å². The minimum atomic E-state index is -0.517. The largest absolute Gasteiger partial charge is 0.489 e. The summed E-state index contributed by atoms with van der Waals surface area (Å²) in [5.41, 5.74) is 4.53. The molecule has 6 nitrogen and oxygen atoms in total. The Balaban J connectivity index is 1.47. The van der Waals surface area contributed by atoms with Crippen molar-refractivity contribution < 1.29 is 23.8 Å². The van der Waals surface area contributed by atoms with Crippen LogP contribution in [-0.2, 0) is 25.7 Å². The molecule has 194 valence electrons. The Morgan fingerprint density at radius 2 is 1.92 bits per heavy atom. The van der Waals surface area contributed by atoms with Crippen molar-refractivity contribution in [3.8, 4) is 5.75 Å². The molecule has 2 aromatic carbocycles. The van der Waals surface area contributed by atoms with Gasteiger partial charge in [0, 0.05) is 35.9 Å². The molecule has 1 saturated heterocycles. The first-order valence-corrected chi connectivity index (χ1v) is 13.1. The average molecular weight is 502 g/mol. The Morgan fingerprint density at radius 3 is 2.68 bits per heavy atom. The molecule has 5 rings (SSSR count). The monoisotopic (exact) mass is 501 g/mol. The summed E-state index contributed by atoms with van der Waals surface area (Å²) in [4.78, 5) is 27.1. The van der Waals surface area contributed by atoms with E-state index in [9.17, 15) is 9.59 Å². The predicted molar refractivity (Wildman–Crippen MR) is 141 cm³/mol. The van der Waals surface area contributed by atoms with Gasteiger partial charge >= 0.3 is 5.97 Å². The fraction of sp³-hybridized carbons (Fsp3) is 0.419. The fourth-order valence-corrected chi connectivity index (χ4v) is 5.59. The van der Waals surface area contributed by atoms with Gasteiger partial charge in [-0.25, -0.2) is 4.79 Å². The molecule has 0 aromatic heterocycles. The number of rotatable bonds is 7. The van der Waals surface area contributed by atoms with E-state index in [4.69, 9.17) is 14.2 Å².